The van der Waals surface area contributed by atoms with Gasteiger partial charge in [-0.2, -0.15) is 0 Å². The molecule has 0 atom stereocenters. The van der Waals surface area contributed by atoms with E-state index < -0.39 is 0 Å². The molecule has 0 radical (unpaired) electrons. The Morgan fingerprint density at radius 3 is 2.62 bits per heavy atom. The molecule has 0 unspecified atom stereocenters. The molecule has 3 rings (SSSR count). The number of rotatable bonds is 5. The maximum Gasteiger partial charge on any atom is 0.247 e. The van der Waals surface area contributed by atoms with Gasteiger partial charge in [0.05, 0.1) is 0 Å². The maximum atomic E-state index is 12.0. The number of carbonyl (C=O) groups is 1. The lowest BCUT2D eigenvalue weighted by Gasteiger charge is -2.07. The summed E-state index contributed by atoms with van der Waals surface area (Å²) in [6.45, 7) is 4.06. The molecule has 0 aliphatic rings. The Balaban J connectivity index is 1.56. The molecule has 0 aliphatic heterocycles. The number of hydrogen-bond donors (Lipinski definition) is 1. The van der Waals surface area contributed by atoms with Crippen LogP contribution < -0.4 is 5.32 Å². The number of benzene rings is 1. The second kappa shape index (κ2) is 7.04. The van der Waals surface area contributed by atoms with Crippen LogP contribution in [-0.4, -0.2) is 21.1 Å². The first-order valence-electron chi connectivity index (χ1n) is 7.72. The molecule has 0 saturated heterocycles. The van der Waals surface area contributed by atoms with E-state index in [1.54, 1.807) is 24.5 Å². The second-order valence-electron chi connectivity index (χ2n) is 5.58. The Morgan fingerprint density at radius 2 is 1.88 bits per heavy atom. The van der Waals surface area contributed by atoms with Crippen molar-refractivity contribution in [1.29, 1.82) is 0 Å². The Kier molecular flexibility index (Phi) is 4.65. The van der Waals surface area contributed by atoms with E-state index in [4.69, 9.17) is 4.42 Å². The summed E-state index contributed by atoms with van der Waals surface area (Å²) in [7, 11) is 0. The quantitative estimate of drug-likeness (QED) is 0.779. The molecular formula is C18H18N4O2. The van der Waals surface area contributed by atoms with Crippen LogP contribution in [0, 0.1) is 13.8 Å². The van der Waals surface area contributed by atoms with E-state index in [9.17, 15) is 4.79 Å². The predicted octanol–water partition coefficient (Wildman–Crippen LogP) is 3.32. The fraction of sp³-hybridized carbons (Fsp3) is 0.222. The van der Waals surface area contributed by atoms with Gasteiger partial charge in [0.25, 0.3) is 0 Å². The molecule has 0 fully saturated rings. The van der Waals surface area contributed by atoms with Gasteiger partial charge in [0.15, 0.2) is 0 Å². The zero-order chi connectivity index (χ0) is 16.9. The Morgan fingerprint density at radius 1 is 1.08 bits per heavy atom. The summed E-state index contributed by atoms with van der Waals surface area (Å²) in [5.41, 5.74) is 3.95. The minimum absolute atomic E-state index is 0.0816. The molecule has 122 valence electrons. The highest BCUT2D eigenvalue weighted by Crippen LogP contribution is 2.17. The molecular weight excluding hydrogens is 304 g/mol. The van der Waals surface area contributed by atoms with Crippen LogP contribution in [0.4, 0.5) is 5.69 Å². The third kappa shape index (κ3) is 3.84. The molecule has 1 aromatic carbocycles. The topological polar surface area (TPSA) is 80.9 Å². The van der Waals surface area contributed by atoms with Gasteiger partial charge in [-0.15, -0.1) is 10.2 Å². The highest BCUT2D eigenvalue weighted by Gasteiger charge is 2.10. The Bertz CT molecular complexity index is 843. The number of carbonyl (C=O) groups excluding carboxylic acids is 1. The highest BCUT2D eigenvalue weighted by molar-refractivity contribution is 5.90. The maximum absolute atomic E-state index is 12.0. The summed E-state index contributed by atoms with van der Waals surface area (Å²) >= 11 is 0. The standard InChI is InChI=1S/C18H18N4O2/c1-12-3-4-15(11-13(12)2)20-16(23)5-6-17-21-22-18(24-17)14-7-9-19-10-8-14/h3-4,7-11H,5-6H2,1-2H3,(H,20,23). The molecule has 6 heteroatoms. The first kappa shape index (κ1) is 15.9. The van der Waals surface area contributed by atoms with Gasteiger partial charge in [-0.25, -0.2) is 0 Å². The van der Waals surface area contributed by atoms with Crippen molar-refractivity contribution in [3.63, 3.8) is 0 Å². The van der Waals surface area contributed by atoms with Crippen LogP contribution in [0.15, 0.2) is 47.1 Å². The lowest BCUT2D eigenvalue weighted by molar-refractivity contribution is -0.116. The Hall–Kier alpha value is -3.02. The van der Waals surface area contributed by atoms with Crippen LogP contribution in [-0.2, 0) is 11.2 Å². The third-order valence-electron chi connectivity index (χ3n) is 3.75. The van der Waals surface area contributed by atoms with Crippen molar-refractivity contribution in [3.05, 3.63) is 59.7 Å². The molecule has 3 aromatic rings. The fourth-order valence-electron chi connectivity index (χ4n) is 2.23. The predicted molar refractivity (Wildman–Crippen MR) is 90.4 cm³/mol. The van der Waals surface area contributed by atoms with Gasteiger partial charge in [0.1, 0.15) is 0 Å². The number of aromatic nitrogens is 3. The fourth-order valence-corrected chi connectivity index (χ4v) is 2.23. The van der Waals surface area contributed by atoms with E-state index in [-0.39, 0.29) is 12.3 Å². The van der Waals surface area contributed by atoms with Crippen LogP contribution in [0.3, 0.4) is 0 Å². The molecule has 0 bridgehead atoms. The summed E-state index contributed by atoms with van der Waals surface area (Å²) in [5, 5.41) is 10.9. The number of amides is 1. The SMILES string of the molecule is Cc1ccc(NC(=O)CCc2nnc(-c3ccncc3)o2)cc1C. The summed E-state index contributed by atoms with van der Waals surface area (Å²) < 4.78 is 5.58. The monoisotopic (exact) mass is 322 g/mol. The van der Waals surface area contributed by atoms with Gasteiger partial charge in [-0.1, -0.05) is 6.07 Å². The van der Waals surface area contributed by atoms with E-state index in [0.717, 1.165) is 16.8 Å². The lowest BCUT2D eigenvalue weighted by Crippen LogP contribution is -2.12. The highest BCUT2D eigenvalue weighted by atomic mass is 16.4. The van der Waals surface area contributed by atoms with Crippen molar-refractivity contribution in [2.45, 2.75) is 26.7 Å². The first-order valence-corrected chi connectivity index (χ1v) is 7.72. The zero-order valence-corrected chi connectivity index (χ0v) is 13.6. The summed E-state index contributed by atoms with van der Waals surface area (Å²) in [6, 6.07) is 9.44. The summed E-state index contributed by atoms with van der Waals surface area (Å²) in [6.07, 6.45) is 4.01. The molecule has 0 spiro atoms. The number of aryl methyl sites for hydroxylation is 3. The molecule has 6 nitrogen and oxygen atoms in total. The summed E-state index contributed by atoms with van der Waals surface area (Å²) in [4.78, 5) is 16.0. The van der Waals surface area contributed by atoms with E-state index in [0.29, 0.717) is 18.2 Å². The average molecular weight is 322 g/mol. The molecule has 24 heavy (non-hydrogen) atoms. The van der Waals surface area contributed by atoms with Crippen LogP contribution in [0.5, 0.6) is 0 Å². The van der Waals surface area contributed by atoms with Gasteiger partial charge in [-0.05, 0) is 49.2 Å². The van der Waals surface area contributed by atoms with Gasteiger partial charge in [0.2, 0.25) is 17.7 Å². The minimum Gasteiger partial charge on any atom is -0.421 e. The van der Waals surface area contributed by atoms with E-state index in [2.05, 4.69) is 20.5 Å². The zero-order valence-electron chi connectivity index (χ0n) is 13.6. The number of anilines is 1. The molecule has 1 amide bonds. The van der Waals surface area contributed by atoms with Crippen molar-refractivity contribution in [1.82, 2.24) is 15.2 Å². The van der Waals surface area contributed by atoms with Crippen molar-refractivity contribution in [2.24, 2.45) is 0 Å². The molecule has 1 N–H and O–H groups in total. The van der Waals surface area contributed by atoms with E-state index in [1.165, 1.54) is 5.56 Å². The largest absolute Gasteiger partial charge is 0.421 e. The third-order valence-corrected chi connectivity index (χ3v) is 3.75. The normalized spacial score (nSPS) is 10.6. The Labute approximate surface area is 140 Å². The van der Waals surface area contributed by atoms with Crippen LogP contribution in [0.1, 0.15) is 23.4 Å². The minimum atomic E-state index is -0.0816. The number of hydrogen-bond acceptors (Lipinski definition) is 5. The molecule has 0 saturated carbocycles. The average Bonchev–Trinajstić information content (AvgIpc) is 3.06. The number of nitrogens with one attached hydrogen (secondary N) is 1. The lowest BCUT2D eigenvalue weighted by atomic mass is 10.1. The number of nitrogens with zero attached hydrogens (tertiary/aromatic N) is 3. The van der Waals surface area contributed by atoms with Gasteiger partial charge in [-0.3, -0.25) is 9.78 Å². The molecule has 2 aromatic heterocycles. The smallest absolute Gasteiger partial charge is 0.247 e. The van der Waals surface area contributed by atoms with Crippen molar-refractivity contribution < 1.29 is 9.21 Å². The van der Waals surface area contributed by atoms with Crippen LogP contribution in [0.2, 0.25) is 0 Å². The second-order valence-corrected chi connectivity index (χ2v) is 5.58. The summed E-state index contributed by atoms with van der Waals surface area (Å²) in [5.74, 6) is 0.793. The van der Waals surface area contributed by atoms with Crippen molar-refractivity contribution in [2.75, 3.05) is 5.32 Å². The van der Waals surface area contributed by atoms with Crippen molar-refractivity contribution >= 4 is 11.6 Å². The van der Waals surface area contributed by atoms with E-state index >= 15 is 0 Å². The van der Waals surface area contributed by atoms with Gasteiger partial charge < -0.3 is 9.73 Å². The van der Waals surface area contributed by atoms with Gasteiger partial charge in [0, 0.05) is 36.5 Å². The molecule has 2 heterocycles. The number of pyridine rings is 1. The van der Waals surface area contributed by atoms with Crippen LogP contribution >= 0.6 is 0 Å². The molecule has 0 aliphatic carbocycles. The first-order chi connectivity index (χ1) is 11.6. The van der Waals surface area contributed by atoms with Crippen molar-refractivity contribution in [3.8, 4) is 11.5 Å². The van der Waals surface area contributed by atoms with E-state index in [1.807, 2.05) is 32.0 Å². The van der Waals surface area contributed by atoms with Crippen LogP contribution in [0.25, 0.3) is 11.5 Å². The van der Waals surface area contributed by atoms with Gasteiger partial charge >= 0.3 is 0 Å².